The lowest BCUT2D eigenvalue weighted by atomic mass is 9.83. The van der Waals surface area contributed by atoms with E-state index in [1.807, 2.05) is 12.1 Å². The fourth-order valence-corrected chi connectivity index (χ4v) is 3.49. The zero-order valence-corrected chi connectivity index (χ0v) is 12.9. The minimum atomic E-state index is 0.486. The van der Waals surface area contributed by atoms with Crippen molar-refractivity contribution in [2.24, 2.45) is 11.7 Å². The van der Waals surface area contributed by atoms with E-state index in [9.17, 15) is 0 Å². The van der Waals surface area contributed by atoms with Gasteiger partial charge < -0.3 is 10.6 Å². The summed E-state index contributed by atoms with van der Waals surface area (Å²) in [5.41, 5.74) is 7.69. The minimum absolute atomic E-state index is 0.486. The second-order valence-electron chi connectivity index (χ2n) is 5.27. The lowest BCUT2D eigenvalue weighted by Crippen LogP contribution is -2.43. The van der Waals surface area contributed by atoms with Gasteiger partial charge in [0.05, 0.1) is 11.6 Å². The van der Waals surface area contributed by atoms with E-state index in [0.717, 1.165) is 16.7 Å². The van der Waals surface area contributed by atoms with Gasteiger partial charge in [-0.15, -0.1) is 0 Å². The topological polar surface area (TPSA) is 53.0 Å². The molecule has 2 unspecified atom stereocenters. The standard InChI is InChI=1S/C15H20BrN3/c1-19(15-5-3-2-4-12(15)10-18)14-7-11(9-17)6-13(16)8-14/h6-8,12,15H,2-5,10,18H2,1H3. The van der Waals surface area contributed by atoms with Crippen molar-refractivity contribution in [2.45, 2.75) is 31.7 Å². The van der Waals surface area contributed by atoms with Crippen molar-refractivity contribution in [3.63, 3.8) is 0 Å². The maximum Gasteiger partial charge on any atom is 0.0992 e. The Morgan fingerprint density at radius 3 is 2.79 bits per heavy atom. The number of nitrogens with two attached hydrogens (primary N) is 1. The third-order valence-electron chi connectivity index (χ3n) is 4.09. The van der Waals surface area contributed by atoms with Crippen molar-refractivity contribution in [2.75, 3.05) is 18.5 Å². The summed E-state index contributed by atoms with van der Waals surface area (Å²) >= 11 is 3.48. The summed E-state index contributed by atoms with van der Waals surface area (Å²) in [6.07, 6.45) is 4.95. The molecule has 0 heterocycles. The minimum Gasteiger partial charge on any atom is -0.371 e. The normalized spacial score (nSPS) is 22.8. The van der Waals surface area contributed by atoms with Crippen LogP contribution in [-0.4, -0.2) is 19.6 Å². The molecule has 0 spiro atoms. The Hall–Kier alpha value is -1.05. The first kappa shape index (κ1) is 14.4. The van der Waals surface area contributed by atoms with Crippen LogP contribution >= 0.6 is 15.9 Å². The van der Waals surface area contributed by atoms with E-state index in [1.54, 1.807) is 0 Å². The number of nitriles is 1. The summed E-state index contributed by atoms with van der Waals surface area (Å²) in [7, 11) is 2.11. The van der Waals surface area contributed by atoms with Gasteiger partial charge in [0.1, 0.15) is 0 Å². The van der Waals surface area contributed by atoms with Gasteiger partial charge in [0.25, 0.3) is 0 Å². The molecule has 102 valence electrons. The number of halogens is 1. The first-order valence-electron chi connectivity index (χ1n) is 6.79. The Bertz CT molecular complexity index is 481. The Kier molecular flexibility index (Phi) is 4.84. The average molecular weight is 322 g/mol. The van der Waals surface area contributed by atoms with Crippen LogP contribution in [0.25, 0.3) is 0 Å². The largest absolute Gasteiger partial charge is 0.371 e. The second kappa shape index (κ2) is 6.40. The molecule has 1 aromatic rings. The van der Waals surface area contributed by atoms with Crippen molar-refractivity contribution in [3.05, 3.63) is 28.2 Å². The smallest absolute Gasteiger partial charge is 0.0992 e. The molecule has 0 saturated heterocycles. The van der Waals surface area contributed by atoms with E-state index < -0.39 is 0 Å². The molecule has 0 aliphatic heterocycles. The Labute approximate surface area is 123 Å². The molecule has 19 heavy (non-hydrogen) atoms. The summed E-state index contributed by atoms with van der Waals surface area (Å²) in [6, 6.07) is 8.57. The lowest BCUT2D eigenvalue weighted by molar-refractivity contribution is 0.306. The molecule has 1 aliphatic carbocycles. The predicted molar refractivity (Wildman–Crippen MR) is 82.1 cm³/mol. The molecule has 4 heteroatoms. The zero-order valence-electron chi connectivity index (χ0n) is 11.3. The second-order valence-corrected chi connectivity index (χ2v) is 6.18. The van der Waals surface area contributed by atoms with Gasteiger partial charge in [0.2, 0.25) is 0 Å². The molecule has 2 rings (SSSR count). The van der Waals surface area contributed by atoms with Crippen LogP contribution in [0.15, 0.2) is 22.7 Å². The van der Waals surface area contributed by atoms with E-state index in [4.69, 9.17) is 11.0 Å². The number of benzene rings is 1. The third kappa shape index (κ3) is 3.29. The zero-order chi connectivity index (χ0) is 13.8. The highest BCUT2D eigenvalue weighted by atomic mass is 79.9. The van der Waals surface area contributed by atoms with E-state index in [-0.39, 0.29) is 0 Å². The molecule has 1 aromatic carbocycles. The molecular formula is C15H20BrN3. The van der Waals surface area contributed by atoms with E-state index in [2.05, 4.69) is 40.0 Å². The first-order valence-corrected chi connectivity index (χ1v) is 7.58. The van der Waals surface area contributed by atoms with Gasteiger partial charge in [-0.2, -0.15) is 5.26 Å². The predicted octanol–water partition coefficient (Wildman–Crippen LogP) is 3.27. The van der Waals surface area contributed by atoms with Gasteiger partial charge in [-0.1, -0.05) is 28.8 Å². The number of hydrogen-bond acceptors (Lipinski definition) is 3. The van der Waals surface area contributed by atoms with Crippen molar-refractivity contribution >= 4 is 21.6 Å². The molecule has 3 nitrogen and oxygen atoms in total. The molecule has 1 aliphatic rings. The Balaban J connectivity index is 2.25. The van der Waals surface area contributed by atoms with Crippen LogP contribution in [0.1, 0.15) is 31.2 Å². The molecule has 2 atom stereocenters. The molecule has 0 aromatic heterocycles. The van der Waals surface area contributed by atoms with Gasteiger partial charge in [0.15, 0.2) is 0 Å². The number of nitrogens with zero attached hydrogens (tertiary/aromatic N) is 2. The van der Waals surface area contributed by atoms with Gasteiger partial charge in [-0.05, 0) is 43.5 Å². The maximum absolute atomic E-state index is 9.07. The van der Waals surface area contributed by atoms with Crippen molar-refractivity contribution in [1.29, 1.82) is 5.26 Å². The fourth-order valence-electron chi connectivity index (χ4n) is 3.01. The summed E-state index contributed by atoms with van der Waals surface area (Å²) in [6.45, 7) is 0.744. The van der Waals surface area contributed by atoms with Gasteiger partial charge in [-0.3, -0.25) is 0 Å². The van der Waals surface area contributed by atoms with E-state index >= 15 is 0 Å². The Morgan fingerprint density at radius 1 is 1.37 bits per heavy atom. The van der Waals surface area contributed by atoms with Crippen LogP contribution < -0.4 is 10.6 Å². The molecule has 1 saturated carbocycles. The molecule has 0 bridgehead atoms. The van der Waals surface area contributed by atoms with Gasteiger partial charge in [0, 0.05) is 23.2 Å². The highest BCUT2D eigenvalue weighted by Gasteiger charge is 2.27. The molecule has 0 radical (unpaired) electrons. The highest BCUT2D eigenvalue weighted by Crippen LogP contribution is 2.31. The van der Waals surface area contributed by atoms with Crippen LogP contribution in [0.4, 0.5) is 5.69 Å². The van der Waals surface area contributed by atoms with E-state index in [0.29, 0.717) is 17.5 Å². The summed E-state index contributed by atoms with van der Waals surface area (Å²) in [5.74, 6) is 0.559. The van der Waals surface area contributed by atoms with Crippen LogP contribution in [0.5, 0.6) is 0 Å². The third-order valence-corrected chi connectivity index (χ3v) is 4.55. The Morgan fingerprint density at radius 2 is 2.11 bits per heavy atom. The van der Waals surface area contributed by atoms with Crippen molar-refractivity contribution in [3.8, 4) is 6.07 Å². The van der Waals surface area contributed by atoms with E-state index in [1.165, 1.54) is 25.7 Å². The molecule has 2 N–H and O–H groups in total. The van der Waals surface area contributed by atoms with Crippen LogP contribution in [-0.2, 0) is 0 Å². The average Bonchev–Trinajstić information content (AvgIpc) is 2.45. The lowest BCUT2D eigenvalue weighted by Gasteiger charge is -2.39. The highest BCUT2D eigenvalue weighted by molar-refractivity contribution is 9.10. The molecule has 1 fully saturated rings. The maximum atomic E-state index is 9.07. The van der Waals surface area contributed by atoms with Crippen LogP contribution in [0.2, 0.25) is 0 Å². The van der Waals surface area contributed by atoms with Gasteiger partial charge >= 0.3 is 0 Å². The summed E-state index contributed by atoms with van der Waals surface area (Å²) in [5, 5.41) is 9.07. The quantitative estimate of drug-likeness (QED) is 0.929. The number of anilines is 1. The first-order chi connectivity index (χ1) is 9.15. The monoisotopic (exact) mass is 321 g/mol. The summed E-state index contributed by atoms with van der Waals surface area (Å²) < 4.78 is 0.952. The molecular weight excluding hydrogens is 302 g/mol. The van der Waals surface area contributed by atoms with Crippen LogP contribution in [0, 0.1) is 17.2 Å². The summed E-state index contributed by atoms with van der Waals surface area (Å²) in [4.78, 5) is 2.29. The van der Waals surface area contributed by atoms with Gasteiger partial charge in [-0.25, -0.2) is 0 Å². The SMILES string of the molecule is CN(c1cc(Br)cc(C#N)c1)C1CCCCC1CN. The number of hydrogen-bond donors (Lipinski definition) is 1. The van der Waals surface area contributed by atoms with Crippen molar-refractivity contribution < 1.29 is 0 Å². The molecule has 0 amide bonds. The number of rotatable bonds is 3. The van der Waals surface area contributed by atoms with Crippen LogP contribution in [0.3, 0.4) is 0 Å². The fraction of sp³-hybridized carbons (Fsp3) is 0.533. The van der Waals surface area contributed by atoms with Crippen molar-refractivity contribution in [1.82, 2.24) is 0 Å².